The summed E-state index contributed by atoms with van der Waals surface area (Å²) >= 11 is 2.94. The first-order chi connectivity index (χ1) is 26.4. The first kappa shape index (κ1) is 48.3. The molecule has 0 radical (unpaired) electrons. The highest BCUT2D eigenvalue weighted by molar-refractivity contribution is 9.09. The Kier molecular flexibility index (Phi) is 18.3. The summed E-state index contributed by atoms with van der Waals surface area (Å²) in [7, 11) is -6.46. The van der Waals surface area contributed by atoms with Crippen molar-refractivity contribution >= 4 is 47.8 Å². The molecule has 57 heavy (non-hydrogen) atoms. The first-order valence-electron chi connectivity index (χ1n) is 17.2. The van der Waals surface area contributed by atoms with Crippen molar-refractivity contribution in [3.8, 4) is 22.3 Å². The van der Waals surface area contributed by atoms with Crippen LogP contribution in [0.5, 0.6) is 0 Å². The number of aromatic amines is 1. The van der Waals surface area contributed by atoms with Crippen LogP contribution in [0, 0.1) is 0 Å². The van der Waals surface area contributed by atoms with Crippen molar-refractivity contribution < 1.29 is 44.7 Å². The Labute approximate surface area is 341 Å². The summed E-state index contributed by atoms with van der Waals surface area (Å²) < 4.78 is 84.0. The van der Waals surface area contributed by atoms with Crippen LogP contribution < -0.4 is 10.6 Å². The van der Waals surface area contributed by atoms with Crippen LogP contribution in [-0.2, 0) is 35.7 Å². The van der Waals surface area contributed by atoms with Gasteiger partial charge >= 0.3 is 12.2 Å². The molecule has 4 aromatic rings. The molecule has 14 nitrogen and oxygen atoms in total. The summed E-state index contributed by atoms with van der Waals surface area (Å²) in [6.45, 7) is 10.5. The van der Waals surface area contributed by atoms with E-state index in [1.54, 1.807) is 96.5 Å². The first-order valence-corrected chi connectivity index (χ1v) is 22.1. The number of sulfone groups is 2. The standard InChI is InChI=1S/C19H24FN3O4S.C10H10N2O2S.C9H15BrFNO2/c1-19(2,3)27-18(24)21-9-8-16(20)13-23-12-15(11-22-23)14-6-5-7-17(10-14)28(4,25)26;1-15(13,14)10-4-2-3-8(5-10)9-6-11-12-7-9;1-9(2,3)14-8(13)12-5-4-7(11)6-10/h5-8,10-12H,9,13H2,1-4H3,(H,21,24);2-7H,1H3,(H,11,12);4H,5-6H2,1-3H3,(H,12,13)/b16-8-;;7-4-. The number of ether oxygens (including phenoxy) is 2. The van der Waals surface area contributed by atoms with Crippen molar-refractivity contribution in [1.29, 1.82) is 0 Å². The number of H-pyrrole nitrogens is 1. The third kappa shape index (κ3) is 19.7. The molecule has 0 aliphatic heterocycles. The number of benzene rings is 2. The monoisotopic (exact) mass is 898 g/mol. The molecule has 0 saturated carbocycles. The number of amides is 2. The van der Waals surface area contributed by atoms with Gasteiger partial charge in [0, 0.05) is 49.1 Å². The average molecular weight is 900 g/mol. The van der Waals surface area contributed by atoms with E-state index in [1.807, 2.05) is 6.07 Å². The summed E-state index contributed by atoms with van der Waals surface area (Å²) in [4.78, 5) is 23.1. The summed E-state index contributed by atoms with van der Waals surface area (Å²) in [5.74, 6) is -0.795. The molecule has 0 unspecified atom stereocenters. The molecule has 0 saturated heterocycles. The highest BCUT2D eigenvalue weighted by Crippen LogP contribution is 2.23. The fourth-order valence-electron chi connectivity index (χ4n) is 4.21. The molecule has 2 heterocycles. The van der Waals surface area contributed by atoms with Gasteiger partial charge in [0.25, 0.3) is 0 Å². The van der Waals surface area contributed by atoms with E-state index in [9.17, 15) is 35.2 Å². The number of alkyl halides is 1. The number of hydrogen-bond donors (Lipinski definition) is 3. The van der Waals surface area contributed by atoms with Gasteiger partial charge in [0.05, 0.1) is 34.1 Å². The number of halogens is 3. The number of rotatable bonds is 11. The van der Waals surface area contributed by atoms with Crippen LogP contribution >= 0.6 is 15.9 Å². The lowest BCUT2D eigenvalue weighted by atomic mass is 10.1. The van der Waals surface area contributed by atoms with E-state index in [-0.39, 0.29) is 35.7 Å². The predicted octanol–water partition coefficient (Wildman–Crippen LogP) is 7.57. The molecular weight excluding hydrogens is 850 g/mol. The summed E-state index contributed by atoms with van der Waals surface area (Å²) in [6, 6.07) is 13.3. The Morgan fingerprint density at radius 3 is 1.67 bits per heavy atom. The maximum atomic E-state index is 14.0. The lowest BCUT2D eigenvalue weighted by Crippen LogP contribution is -2.32. The summed E-state index contributed by atoms with van der Waals surface area (Å²) in [6.07, 6.45) is 10.2. The minimum atomic E-state index is -3.32. The Morgan fingerprint density at radius 1 is 0.772 bits per heavy atom. The van der Waals surface area contributed by atoms with E-state index in [2.05, 4.69) is 41.9 Å². The lowest BCUT2D eigenvalue weighted by molar-refractivity contribution is 0.0522. The summed E-state index contributed by atoms with van der Waals surface area (Å²) in [5.41, 5.74) is 1.91. The molecule has 2 aromatic heterocycles. The third-order valence-corrected chi connectivity index (χ3v) is 9.46. The van der Waals surface area contributed by atoms with Crippen LogP contribution in [-0.4, -0.2) is 91.1 Å². The Balaban J connectivity index is 0.000000325. The number of carbonyl (C=O) groups excluding carboxylic acids is 2. The second-order valence-electron chi connectivity index (χ2n) is 14.2. The molecule has 0 aliphatic rings. The van der Waals surface area contributed by atoms with Gasteiger partial charge in [-0.25, -0.2) is 35.2 Å². The second kappa shape index (κ2) is 21.6. The minimum absolute atomic E-state index is 0.00865. The van der Waals surface area contributed by atoms with E-state index in [0.717, 1.165) is 17.4 Å². The quantitative estimate of drug-likeness (QED) is 0.127. The molecule has 4 rings (SSSR count). The normalized spacial score (nSPS) is 12.3. The number of alkyl carbamates (subject to hydrolysis) is 2. The van der Waals surface area contributed by atoms with Gasteiger partial charge < -0.3 is 20.1 Å². The minimum Gasteiger partial charge on any atom is -0.444 e. The predicted molar refractivity (Wildman–Crippen MR) is 219 cm³/mol. The molecule has 2 amide bonds. The Hall–Kier alpha value is -4.88. The van der Waals surface area contributed by atoms with Crippen molar-refractivity contribution in [2.24, 2.45) is 0 Å². The van der Waals surface area contributed by atoms with Gasteiger partial charge in [-0.2, -0.15) is 10.2 Å². The third-order valence-electron chi connectivity index (χ3n) is 6.70. The van der Waals surface area contributed by atoms with Crippen LogP contribution in [0.25, 0.3) is 22.3 Å². The molecule has 0 bridgehead atoms. The van der Waals surface area contributed by atoms with Gasteiger partial charge in [-0.3, -0.25) is 9.78 Å². The van der Waals surface area contributed by atoms with Crippen LogP contribution in [0.15, 0.2) is 107 Å². The van der Waals surface area contributed by atoms with Gasteiger partial charge in [0.15, 0.2) is 19.7 Å². The zero-order valence-electron chi connectivity index (χ0n) is 33.0. The van der Waals surface area contributed by atoms with E-state index in [1.165, 1.54) is 35.4 Å². The van der Waals surface area contributed by atoms with E-state index >= 15 is 0 Å². The van der Waals surface area contributed by atoms with Crippen molar-refractivity contribution in [1.82, 2.24) is 30.6 Å². The zero-order valence-corrected chi connectivity index (χ0v) is 36.2. The molecule has 2 aromatic carbocycles. The number of nitrogens with one attached hydrogen (secondary N) is 3. The average Bonchev–Trinajstić information content (AvgIpc) is 3.80. The van der Waals surface area contributed by atoms with Gasteiger partial charge in [-0.1, -0.05) is 40.2 Å². The molecule has 312 valence electrons. The summed E-state index contributed by atoms with van der Waals surface area (Å²) in [5, 5.41) is 15.6. The highest BCUT2D eigenvalue weighted by atomic mass is 79.9. The van der Waals surface area contributed by atoms with Crippen molar-refractivity contribution in [2.75, 3.05) is 30.9 Å². The smallest absolute Gasteiger partial charge is 0.407 e. The highest BCUT2D eigenvalue weighted by Gasteiger charge is 2.16. The van der Waals surface area contributed by atoms with Crippen molar-refractivity contribution in [3.05, 3.63) is 97.1 Å². The molecule has 0 atom stereocenters. The molecule has 0 fully saturated rings. The van der Waals surface area contributed by atoms with Gasteiger partial charge in [-0.05, 0) is 89.1 Å². The SMILES string of the molecule is CC(C)(C)OC(=O)NC/C=C(\F)CBr.CC(C)(C)OC(=O)NC/C=C(\F)Cn1cc(-c2cccc(S(C)(=O)=O)c2)cn1.CS(=O)(=O)c1cccc(-c2cn[nH]c2)c1. The van der Waals surface area contributed by atoms with Crippen LogP contribution in [0.4, 0.5) is 18.4 Å². The molecule has 0 spiro atoms. The topological polar surface area (TPSA) is 191 Å². The van der Waals surface area contributed by atoms with Crippen LogP contribution in [0.1, 0.15) is 41.5 Å². The van der Waals surface area contributed by atoms with E-state index in [4.69, 9.17) is 9.47 Å². The lowest BCUT2D eigenvalue weighted by Gasteiger charge is -2.19. The molecule has 19 heteroatoms. The fourth-order valence-corrected chi connectivity index (χ4v) is 5.78. The van der Waals surface area contributed by atoms with Crippen molar-refractivity contribution in [2.45, 2.75) is 69.1 Å². The van der Waals surface area contributed by atoms with Crippen LogP contribution in [0.2, 0.25) is 0 Å². The van der Waals surface area contributed by atoms with Gasteiger partial charge in [0.2, 0.25) is 0 Å². The van der Waals surface area contributed by atoms with E-state index in [0.29, 0.717) is 16.0 Å². The maximum absolute atomic E-state index is 14.0. The molecule has 0 aliphatic carbocycles. The van der Waals surface area contributed by atoms with Gasteiger partial charge in [0.1, 0.15) is 22.9 Å². The zero-order chi connectivity index (χ0) is 43.0. The number of hydrogen-bond acceptors (Lipinski definition) is 10. The number of nitrogens with zero attached hydrogens (tertiary/aromatic N) is 3. The molecular formula is C38H49BrF2N6O8S2. The Morgan fingerprint density at radius 2 is 1.25 bits per heavy atom. The van der Waals surface area contributed by atoms with Crippen LogP contribution in [0.3, 0.4) is 0 Å². The number of carbonyl (C=O) groups is 2. The second-order valence-corrected chi connectivity index (χ2v) is 18.8. The largest absolute Gasteiger partial charge is 0.444 e. The Bertz CT molecular complexity index is 2210. The molecule has 3 N–H and O–H groups in total. The maximum Gasteiger partial charge on any atom is 0.407 e. The number of allylic oxidation sites excluding steroid dienone is 2. The number of aromatic nitrogens is 4. The van der Waals surface area contributed by atoms with Gasteiger partial charge in [-0.15, -0.1) is 0 Å². The fraction of sp³-hybridized carbons (Fsp3) is 0.368. The van der Waals surface area contributed by atoms with E-state index < -0.39 is 48.9 Å². The van der Waals surface area contributed by atoms with Crippen molar-refractivity contribution in [3.63, 3.8) is 0 Å².